The molecule has 0 unspecified atom stereocenters. The van der Waals surface area contributed by atoms with Crippen molar-refractivity contribution in [2.75, 3.05) is 6.54 Å². The van der Waals surface area contributed by atoms with Gasteiger partial charge in [-0.2, -0.15) is 0 Å². The molecule has 0 aromatic heterocycles. The number of sulfonamides is 1. The minimum Gasteiger partial charge on any atom is -0.489 e. The van der Waals surface area contributed by atoms with Crippen LogP contribution in [0.1, 0.15) is 20.8 Å². The van der Waals surface area contributed by atoms with Crippen LogP contribution in [0, 0.1) is 6.57 Å². The number of rotatable bonds is 7. The van der Waals surface area contributed by atoms with Crippen molar-refractivity contribution in [1.82, 2.24) is 4.72 Å². The molecule has 0 amide bonds. The molecule has 25 heavy (non-hydrogen) atoms. The fourth-order valence-corrected chi connectivity index (χ4v) is 2.93. The van der Waals surface area contributed by atoms with Gasteiger partial charge in [-0.15, -0.1) is 0 Å². The third-order valence-corrected chi connectivity index (χ3v) is 5.52. The summed E-state index contributed by atoms with van der Waals surface area (Å²) in [5.74, 6) is 0.678. The van der Waals surface area contributed by atoms with Crippen molar-refractivity contribution < 1.29 is 13.2 Å². The van der Waals surface area contributed by atoms with Crippen LogP contribution in [0.3, 0.4) is 0 Å². The normalized spacial score (nSPS) is 12.6. The van der Waals surface area contributed by atoms with E-state index in [-0.39, 0.29) is 12.6 Å². The molecule has 5 nitrogen and oxygen atoms in total. The van der Waals surface area contributed by atoms with Crippen LogP contribution in [-0.4, -0.2) is 26.3 Å². The zero-order valence-corrected chi connectivity index (χ0v) is 15.4. The Morgan fingerprint density at radius 1 is 1.00 bits per heavy atom. The number of hydrogen-bond donors (Lipinski definition) is 1. The van der Waals surface area contributed by atoms with E-state index in [9.17, 15) is 8.42 Å². The van der Waals surface area contributed by atoms with Gasteiger partial charge in [-0.1, -0.05) is 36.4 Å². The molecule has 132 valence electrons. The predicted molar refractivity (Wildman–Crippen MR) is 100 cm³/mol. The van der Waals surface area contributed by atoms with Gasteiger partial charge in [0.25, 0.3) is 0 Å². The number of ether oxygens (including phenoxy) is 1. The fraction of sp³-hybridized carbons (Fsp3) is 0.316. The molecule has 0 aliphatic heterocycles. The maximum absolute atomic E-state index is 11.7. The van der Waals surface area contributed by atoms with Gasteiger partial charge < -0.3 is 4.74 Å². The van der Waals surface area contributed by atoms with Crippen LogP contribution in [0.15, 0.2) is 48.5 Å². The quantitative estimate of drug-likeness (QED) is 0.761. The number of nitrogens with one attached hydrogen (secondary N) is 1. The Bertz CT molecular complexity index is 836. The number of hydrogen-bond acceptors (Lipinski definition) is 3. The van der Waals surface area contributed by atoms with Crippen molar-refractivity contribution in [3.63, 3.8) is 0 Å². The van der Waals surface area contributed by atoms with Crippen LogP contribution >= 0.6 is 0 Å². The summed E-state index contributed by atoms with van der Waals surface area (Å²) in [4.78, 5) is 3.38. The zero-order valence-electron chi connectivity index (χ0n) is 14.6. The minimum absolute atomic E-state index is 0.223. The van der Waals surface area contributed by atoms with E-state index in [1.807, 2.05) is 43.3 Å². The van der Waals surface area contributed by atoms with Crippen LogP contribution in [-0.2, 0) is 10.0 Å². The van der Waals surface area contributed by atoms with Crippen LogP contribution in [0.5, 0.6) is 5.75 Å². The lowest BCUT2D eigenvalue weighted by atomic mass is 10.1. The van der Waals surface area contributed by atoms with Gasteiger partial charge in [-0.05, 0) is 44.0 Å². The Morgan fingerprint density at radius 3 is 2.00 bits per heavy atom. The molecule has 0 saturated heterocycles. The molecule has 0 radical (unpaired) electrons. The summed E-state index contributed by atoms with van der Waals surface area (Å²) in [7, 11) is -3.29. The maximum Gasteiger partial charge on any atom is 0.214 e. The van der Waals surface area contributed by atoms with Gasteiger partial charge in [0.2, 0.25) is 10.0 Å². The van der Waals surface area contributed by atoms with E-state index in [0.717, 1.165) is 11.1 Å². The molecule has 0 saturated carbocycles. The molecule has 2 rings (SSSR count). The van der Waals surface area contributed by atoms with Gasteiger partial charge in [0.05, 0.1) is 11.8 Å². The van der Waals surface area contributed by atoms with Crippen molar-refractivity contribution in [2.24, 2.45) is 0 Å². The van der Waals surface area contributed by atoms with Crippen LogP contribution in [0.2, 0.25) is 0 Å². The Morgan fingerprint density at radius 2 is 1.52 bits per heavy atom. The number of nitrogens with zero attached hydrogens (tertiary/aromatic N) is 1. The molecular formula is C19H22N2O3S. The summed E-state index contributed by atoms with van der Waals surface area (Å²) in [5.41, 5.74) is 2.66. The van der Waals surface area contributed by atoms with Crippen molar-refractivity contribution >= 4 is 15.7 Å². The first-order chi connectivity index (χ1) is 11.8. The molecule has 0 bridgehead atoms. The van der Waals surface area contributed by atoms with Gasteiger partial charge in [0, 0.05) is 6.54 Å². The highest BCUT2D eigenvalue weighted by molar-refractivity contribution is 7.90. The van der Waals surface area contributed by atoms with E-state index >= 15 is 0 Å². The number of benzene rings is 2. The maximum atomic E-state index is 11.7. The second kappa shape index (κ2) is 8.15. The Hall–Kier alpha value is -2.36. The molecule has 0 spiro atoms. The molecule has 0 heterocycles. The lowest BCUT2D eigenvalue weighted by molar-refractivity contribution is 0.225. The van der Waals surface area contributed by atoms with Gasteiger partial charge in [-0.25, -0.2) is 18.0 Å². The predicted octanol–water partition coefficient (Wildman–Crippen LogP) is 4.00. The highest BCUT2D eigenvalue weighted by Crippen LogP contribution is 2.25. The van der Waals surface area contributed by atoms with E-state index in [1.54, 1.807) is 26.0 Å². The summed E-state index contributed by atoms with van der Waals surface area (Å²) < 4.78 is 31.8. The van der Waals surface area contributed by atoms with Crippen molar-refractivity contribution in [3.8, 4) is 16.9 Å². The Labute approximate surface area is 149 Å². The largest absolute Gasteiger partial charge is 0.489 e. The van der Waals surface area contributed by atoms with Gasteiger partial charge >= 0.3 is 0 Å². The molecule has 2 aromatic carbocycles. The standard InChI is InChI=1S/C19H22N2O3S/c1-14(2)25(22,23)21-13-15(3)24-19-11-7-17(8-12-19)16-5-9-18(20-4)10-6-16/h5-12,14-15,21H,13H2,1-3H3/t15-/m0/s1. The molecule has 1 N–H and O–H groups in total. The van der Waals surface area contributed by atoms with E-state index in [2.05, 4.69) is 9.57 Å². The monoisotopic (exact) mass is 358 g/mol. The Balaban J connectivity index is 1.96. The third-order valence-electron chi connectivity index (χ3n) is 3.71. The van der Waals surface area contributed by atoms with Gasteiger partial charge in [0.1, 0.15) is 11.9 Å². The first-order valence-corrected chi connectivity index (χ1v) is 9.59. The van der Waals surface area contributed by atoms with Crippen LogP contribution < -0.4 is 9.46 Å². The summed E-state index contributed by atoms with van der Waals surface area (Å²) in [6.45, 7) is 12.3. The molecule has 0 fully saturated rings. The smallest absolute Gasteiger partial charge is 0.214 e. The van der Waals surface area contributed by atoms with E-state index < -0.39 is 15.3 Å². The van der Waals surface area contributed by atoms with Crippen LogP contribution in [0.4, 0.5) is 5.69 Å². The van der Waals surface area contributed by atoms with Gasteiger partial charge in [-0.3, -0.25) is 0 Å². The van der Waals surface area contributed by atoms with E-state index in [4.69, 9.17) is 11.3 Å². The Kier molecular flexibility index (Phi) is 6.18. The molecule has 0 aliphatic carbocycles. The molecule has 0 aliphatic rings. The fourth-order valence-electron chi connectivity index (χ4n) is 2.13. The second-order valence-electron chi connectivity index (χ2n) is 6.05. The summed E-state index contributed by atoms with van der Waals surface area (Å²) in [5, 5.41) is -0.465. The highest BCUT2D eigenvalue weighted by Gasteiger charge is 2.16. The van der Waals surface area contributed by atoms with Crippen molar-refractivity contribution in [2.45, 2.75) is 32.1 Å². The van der Waals surface area contributed by atoms with Crippen LogP contribution in [0.25, 0.3) is 16.0 Å². The van der Waals surface area contributed by atoms with E-state index in [0.29, 0.717) is 11.4 Å². The van der Waals surface area contributed by atoms with E-state index in [1.165, 1.54) is 0 Å². The lowest BCUT2D eigenvalue weighted by Gasteiger charge is -2.17. The topological polar surface area (TPSA) is 59.8 Å². The summed E-state index contributed by atoms with van der Waals surface area (Å²) in [6, 6.07) is 15.0. The SMILES string of the molecule is [C-]#[N+]c1ccc(-c2ccc(O[C@@H](C)CNS(=O)(=O)C(C)C)cc2)cc1. The molecule has 1 atom stereocenters. The summed E-state index contributed by atoms with van der Waals surface area (Å²) in [6.07, 6.45) is -0.280. The van der Waals surface area contributed by atoms with Gasteiger partial charge in [0.15, 0.2) is 5.69 Å². The first-order valence-electron chi connectivity index (χ1n) is 8.05. The summed E-state index contributed by atoms with van der Waals surface area (Å²) >= 11 is 0. The minimum atomic E-state index is -3.29. The first kappa shape index (κ1) is 19.0. The zero-order chi connectivity index (χ0) is 18.4. The lowest BCUT2D eigenvalue weighted by Crippen LogP contribution is -2.37. The third kappa shape index (κ3) is 5.31. The average molecular weight is 358 g/mol. The molecular weight excluding hydrogens is 336 g/mol. The average Bonchev–Trinajstić information content (AvgIpc) is 2.61. The molecule has 2 aromatic rings. The van der Waals surface area contributed by atoms with Crippen molar-refractivity contribution in [3.05, 3.63) is 59.9 Å². The van der Waals surface area contributed by atoms with Crippen molar-refractivity contribution in [1.29, 1.82) is 0 Å². The highest BCUT2D eigenvalue weighted by atomic mass is 32.2. The second-order valence-corrected chi connectivity index (χ2v) is 8.38. The molecule has 6 heteroatoms.